The standard InChI is InChI=1S/C76H114O5Si/c1-14-56(77)29-38-70(60-23-15-16-24-61(60)72(79)81-58-40-44-74(9)55(48-58)28-33-63-67-37-35-65(52(7)22-18-20-50(4)5)76(67,11)46-42-69(63)74)82(12,13)59-30-25-53(26-31-59)71(78)80-57-39-43-73(8)54(47-57)27-32-62-66-36-34-64(51(6)21-17-19-49(2)3)75(66,10)45-41-68(62)73/h15-16,23-28,30-31,49-52,57-58,62-70H,14,17-22,29,32-48H2,1-13H3/t51-,52-,57?,58?,62?,63?,64-,65-,66?,67?,68?,69?,70?,73+,74+,75-,76-/m1/s1. The van der Waals surface area contributed by atoms with Crippen LogP contribution in [0.3, 0.4) is 0 Å². The number of rotatable bonds is 21. The number of allylic oxidation sites excluding steroid dienone is 2. The van der Waals surface area contributed by atoms with Gasteiger partial charge in [-0.25, -0.2) is 9.59 Å². The van der Waals surface area contributed by atoms with Crippen LogP contribution in [0.15, 0.2) is 71.8 Å². The molecule has 8 aliphatic carbocycles. The molecule has 82 heavy (non-hydrogen) atoms. The lowest BCUT2D eigenvalue weighted by molar-refractivity contribution is -0.118. The van der Waals surface area contributed by atoms with E-state index < -0.39 is 8.07 Å². The first-order chi connectivity index (χ1) is 39.0. The van der Waals surface area contributed by atoms with Crippen molar-refractivity contribution in [2.75, 3.05) is 0 Å². The van der Waals surface area contributed by atoms with Crippen molar-refractivity contribution in [3.05, 3.63) is 88.5 Å². The molecule has 0 heterocycles. The summed E-state index contributed by atoms with van der Waals surface area (Å²) in [5, 5.41) is 1.20. The molecular weight excluding hydrogens is 1020 g/mol. The van der Waals surface area contributed by atoms with Crippen LogP contribution < -0.4 is 5.19 Å². The number of carbonyl (C=O) groups is 3. The number of ether oxygens (including phenoxy) is 2. The third-order valence-corrected chi connectivity index (χ3v) is 30.6. The Morgan fingerprint density at radius 2 is 1.05 bits per heavy atom. The Balaban J connectivity index is 0.776. The van der Waals surface area contributed by atoms with E-state index in [1.807, 2.05) is 31.2 Å². The first kappa shape index (κ1) is 61.8. The zero-order chi connectivity index (χ0) is 58.5. The third-order valence-electron chi connectivity index (χ3n) is 26.5. The lowest BCUT2D eigenvalue weighted by atomic mass is 9.47. The summed E-state index contributed by atoms with van der Waals surface area (Å²) in [6.45, 7) is 31.9. The van der Waals surface area contributed by atoms with Crippen molar-refractivity contribution in [2.45, 2.75) is 268 Å². The predicted molar refractivity (Wildman–Crippen MR) is 342 cm³/mol. The van der Waals surface area contributed by atoms with Crippen molar-refractivity contribution in [1.29, 1.82) is 0 Å². The van der Waals surface area contributed by atoms with Crippen LogP contribution in [0.4, 0.5) is 0 Å². The minimum Gasteiger partial charge on any atom is -0.458 e. The summed E-state index contributed by atoms with van der Waals surface area (Å²) in [5.41, 5.74) is 6.67. The summed E-state index contributed by atoms with van der Waals surface area (Å²) in [6, 6.07) is 16.4. The third kappa shape index (κ3) is 11.9. The number of esters is 2. The fourth-order valence-corrected chi connectivity index (χ4v) is 24.9. The van der Waals surface area contributed by atoms with Crippen LogP contribution in [-0.4, -0.2) is 38.0 Å². The molecule has 10 rings (SSSR count). The van der Waals surface area contributed by atoms with Crippen molar-refractivity contribution in [3.63, 3.8) is 0 Å². The summed E-state index contributed by atoms with van der Waals surface area (Å²) in [6.07, 6.45) is 34.1. The maximum Gasteiger partial charge on any atom is 0.338 e. The lowest BCUT2D eigenvalue weighted by Crippen LogP contribution is -2.51. The van der Waals surface area contributed by atoms with Crippen LogP contribution in [0.1, 0.15) is 269 Å². The van der Waals surface area contributed by atoms with E-state index in [0.717, 1.165) is 115 Å². The quantitative estimate of drug-likeness (QED) is 0.0708. The molecule has 6 fully saturated rings. The molecule has 0 bridgehead atoms. The topological polar surface area (TPSA) is 69.7 Å². The summed E-state index contributed by atoms with van der Waals surface area (Å²) < 4.78 is 13.1. The van der Waals surface area contributed by atoms with Gasteiger partial charge in [0.05, 0.1) is 19.2 Å². The Morgan fingerprint density at radius 3 is 1.54 bits per heavy atom. The molecule has 452 valence electrons. The number of carbonyl (C=O) groups excluding carboxylic acids is 3. The van der Waals surface area contributed by atoms with E-state index in [2.05, 4.69) is 119 Å². The average Bonchev–Trinajstić information content (AvgIpc) is 1.78. The van der Waals surface area contributed by atoms with Gasteiger partial charge in [-0.15, -0.1) is 0 Å². The predicted octanol–water partition coefficient (Wildman–Crippen LogP) is 19.8. The second-order valence-corrected chi connectivity index (χ2v) is 36.7. The molecule has 0 radical (unpaired) electrons. The van der Waals surface area contributed by atoms with E-state index in [1.54, 1.807) is 11.1 Å². The Morgan fingerprint density at radius 1 is 0.561 bits per heavy atom. The summed E-state index contributed by atoms with van der Waals surface area (Å²) in [5.74, 6) is 9.43. The number of hydrogen-bond acceptors (Lipinski definition) is 5. The maximum atomic E-state index is 14.7. The molecule has 0 spiro atoms. The highest BCUT2D eigenvalue weighted by molar-refractivity contribution is 6.91. The zero-order valence-corrected chi connectivity index (χ0v) is 55.2. The number of Topliss-reactive ketones (excluding diaryl/α,β-unsaturated/α-hetero) is 1. The normalized spacial score (nSPS) is 36.1. The minimum atomic E-state index is -2.45. The summed E-state index contributed by atoms with van der Waals surface area (Å²) in [4.78, 5) is 41.9. The second-order valence-electron chi connectivity index (χ2n) is 32.0. The molecule has 9 unspecified atom stereocenters. The van der Waals surface area contributed by atoms with Crippen LogP contribution in [0.25, 0.3) is 0 Å². The van der Waals surface area contributed by atoms with Gasteiger partial charge < -0.3 is 9.47 Å². The first-order valence-electron chi connectivity index (χ1n) is 34.5. The van der Waals surface area contributed by atoms with E-state index in [-0.39, 0.29) is 46.3 Å². The highest BCUT2D eigenvalue weighted by Crippen LogP contribution is 2.69. The van der Waals surface area contributed by atoms with E-state index >= 15 is 0 Å². The van der Waals surface area contributed by atoms with Crippen molar-refractivity contribution in [2.24, 2.45) is 92.7 Å². The molecule has 0 N–H and O–H groups in total. The van der Waals surface area contributed by atoms with Crippen molar-refractivity contribution in [3.8, 4) is 0 Å². The maximum absolute atomic E-state index is 14.7. The number of fused-ring (bicyclic) bond motifs is 10. The minimum absolute atomic E-state index is 0.0107. The fraction of sp³-hybridized carbons (Fsp3) is 0.750. The summed E-state index contributed by atoms with van der Waals surface area (Å²) in [7, 11) is -2.45. The molecule has 0 aromatic heterocycles. The Kier molecular flexibility index (Phi) is 18.7. The Labute approximate surface area is 501 Å². The van der Waals surface area contributed by atoms with Gasteiger partial charge in [-0.2, -0.15) is 0 Å². The van der Waals surface area contributed by atoms with Gasteiger partial charge in [0.15, 0.2) is 0 Å². The first-order valence-corrected chi connectivity index (χ1v) is 37.6. The monoisotopic (exact) mass is 1130 g/mol. The fourth-order valence-electron chi connectivity index (χ4n) is 21.6. The largest absolute Gasteiger partial charge is 0.458 e. The number of hydrogen-bond donors (Lipinski definition) is 0. The molecule has 6 heteroatoms. The van der Waals surface area contributed by atoms with Gasteiger partial charge in [0.2, 0.25) is 0 Å². The Bertz CT molecular complexity index is 2640. The Hall–Kier alpha value is -3.25. The highest BCUT2D eigenvalue weighted by Gasteiger charge is 2.61. The van der Waals surface area contributed by atoms with E-state index in [9.17, 15) is 14.4 Å². The van der Waals surface area contributed by atoms with Gasteiger partial charge in [-0.05, 0) is 218 Å². The molecule has 2 aromatic carbocycles. The van der Waals surface area contributed by atoms with Crippen LogP contribution in [0, 0.1) is 92.7 Å². The van der Waals surface area contributed by atoms with Gasteiger partial charge >= 0.3 is 11.9 Å². The molecular formula is C76H114O5Si. The molecule has 8 aliphatic rings. The van der Waals surface area contributed by atoms with E-state index in [0.29, 0.717) is 41.2 Å². The lowest BCUT2D eigenvalue weighted by Gasteiger charge is -2.58. The van der Waals surface area contributed by atoms with Crippen LogP contribution in [-0.2, 0) is 14.3 Å². The molecule has 0 aliphatic heterocycles. The SMILES string of the molecule is CCC(=O)CCC(c1ccccc1C(=O)OC1CC[C@@]2(C)C(=CCC3C2CC[C@@]2(C)C3CC[C@@H]2[C@H](C)CCCC(C)C)C1)[Si](C)(C)c1ccc(C(=O)OC2CC[C@@]3(C)C(=CCC4C3CC[C@@]3(C)C4CC[C@@H]3[C@H](C)CCCC(C)C)C2)cc1. The summed E-state index contributed by atoms with van der Waals surface area (Å²) >= 11 is 0. The average molecular weight is 1140 g/mol. The van der Waals surface area contributed by atoms with Crippen LogP contribution in [0.5, 0.6) is 0 Å². The molecule has 0 amide bonds. The van der Waals surface area contributed by atoms with Gasteiger partial charge in [0, 0.05) is 25.7 Å². The van der Waals surface area contributed by atoms with Crippen molar-refractivity contribution < 1.29 is 23.9 Å². The van der Waals surface area contributed by atoms with Crippen LogP contribution >= 0.6 is 0 Å². The van der Waals surface area contributed by atoms with E-state index in [1.165, 1.54) is 108 Å². The van der Waals surface area contributed by atoms with Gasteiger partial charge in [-0.1, -0.05) is 187 Å². The molecule has 6 saturated carbocycles. The van der Waals surface area contributed by atoms with Crippen molar-refractivity contribution in [1.82, 2.24) is 0 Å². The van der Waals surface area contributed by atoms with E-state index in [4.69, 9.17) is 9.47 Å². The highest BCUT2D eigenvalue weighted by atomic mass is 28.3. The van der Waals surface area contributed by atoms with Gasteiger partial charge in [0.1, 0.15) is 18.0 Å². The number of benzene rings is 2. The second kappa shape index (κ2) is 24.9. The van der Waals surface area contributed by atoms with Crippen molar-refractivity contribution >= 4 is 31.0 Å². The molecule has 5 nitrogen and oxygen atoms in total. The number of ketones is 1. The van der Waals surface area contributed by atoms with Gasteiger partial charge in [-0.3, -0.25) is 4.79 Å². The smallest absolute Gasteiger partial charge is 0.338 e. The van der Waals surface area contributed by atoms with Gasteiger partial charge in [0.25, 0.3) is 0 Å². The van der Waals surface area contributed by atoms with Crippen LogP contribution in [0.2, 0.25) is 13.1 Å². The molecule has 0 saturated heterocycles. The zero-order valence-electron chi connectivity index (χ0n) is 54.2. The molecule has 17 atom stereocenters. The molecule has 2 aromatic rings.